The van der Waals surface area contributed by atoms with Crippen LogP contribution in [0.3, 0.4) is 0 Å². The number of nitrogens with zero attached hydrogens (tertiary/aromatic N) is 4. The van der Waals surface area contributed by atoms with Crippen molar-refractivity contribution in [2.75, 3.05) is 6.54 Å². The van der Waals surface area contributed by atoms with Crippen LogP contribution in [0, 0.1) is 5.82 Å². The maximum atomic E-state index is 14.3. The molecule has 0 N–H and O–H groups in total. The van der Waals surface area contributed by atoms with Crippen molar-refractivity contribution < 1.29 is 22.4 Å². The molecule has 4 rings (SSSR count). The van der Waals surface area contributed by atoms with E-state index in [0.717, 1.165) is 17.8 Å². The number of pyridine rings is 1. The molecule has 1 aliphatic heterocycles. The van der Waals surface area contributed by atoms with Gasteiger partial charge in [-0.05, 0) is 24.3 Å². The Morgan fingerprint density at radius 2 is 1.89 bits per heavy atom. The highest BCUT2D eigenvalue weighted by atomic mass is 19.4. The summed E-state index contributed by atoms with van der Waals surface area (Å²) < 4.78 is 54.8. The predicted molar refractivity (Wildman–Crippen MR) is 91.2 cm³/mol. The SMILES string of the molecule is O=C(c1cccc(C(F)(F)F)c1F)N1CCc2c(ncn2-c2ccccn2)C1. The zero-order valence-electron chi connectivity index (χ0n) is 14.4. The second-order valence-corrected chi connectivity index (χ2v) is 6.34. The molecule has 28 heavy (non-hydrogen) atoms. The lowest BCUT2D eigenvalue weighted by atomic mass is 10.1. The van der Waals surface area contributed by atoms with Crippen LogP contribution >= 0.6 is 0 Å². The van der Waals surface area contributed by atoms with E-state index >= 15 is 0 Å². The molecule has 0 saturated carbocycles. The van der Waals surface area contributed by atoms with Gasteiger partial charge in [0.2, 0.25) is 0 Å². The van der Waals surface area contributed by atoms with Crippen LogP contribution in [0.5, 0.6) is 0 Å². The maximum absolute atomic E-state index is 14.3. The van der Waals surface area contributed by atoms with Crippen LogP contribution < -0.4 is 0 Å². The van der Waals surface area contributed by atoms with E-state index in [1.807, 2.05) is 16.7 Å². The fourth-order valence-electron chi connectivity index (χ4n) is 3.26. The van der Waals surface area contributed by atoms with Crippen molar-refractivity contribution in [1.82, 2.24) is 19.4 Å². The molecule has 0 unspecified atom stereocenters. The molecule has 3 heterocycles. The average molecular weight is 390 g/mol. The summed E-state index contributed by atoms with van der Waals surface area (Å²) in [5, 5.41) is 0. The highest BCUT2D eigenvalue weighted by Crippen LogP contribution is 2.33. The standard InChI is InChI=1S/C19H14F4N4O/c20-17-12(4-3-5-13(17)19(21,22)23)18(28)26-9-7-15-14(10-26)25-11-27(15)16-6-1-2-8-24-16/h1-6,8,11H,7,9-10H2. The number of rotatable bonds is 2. The third-order valence-corrected chi connectivity index (χ3v) is 4.63. The second kappa shape index (κ2) is 6.74. The summed E-state index contributed by atoms with van der Waals surface area (Å²) in [6.45, 7) is 0.323. The molecular weight excluding hydrogens is 376 g/mol. The number of aromatic nitrogens is 3. The number of imidazole rings is 1. The molecule has 0 saturated heterocycles. The van der Waals surface area contributed by atoms with Gasteiger partial charge in [0, 0.05) is 19.2 Å². The zero-order chi connectivity index (χ0) is 19.9. The molecule has 9 heteroatoms. The fraction of sp³-hybridized carbons (Fsp3) is 0.211. The van der Waals surface area contributed by atoms with E-state index < -0.39 is 29.0 Å². The first-order valence-electron chi connectivity index (χ1n) is 8.47. The van der Waals surface area contributed by atoms with E-state index in [1.165, 1.54) is 4.90 Å². The van der Waals surface area contributed by atoms with E-state index in [4.69, 9.17) is 0 Å². The number of fused-ring (bicyclic) bond motifs is 1. The molecule has 1 aliphatic rings. The second-order valence-electron chi connectivity index (χ2n) is 6.34. The zero-order valence-corrected chi connectivity index (χ0v) is 14.4. The van der Waals surface area contributed by atoms with Crippen LogP contribution in [0.2, 0.25) is 0 Å². The number of benzene rings is 1. The first-order valence-corrected chi connectivity index (χ1v) is 8.47. The van der Waals surface area contributed by atoms with Crippen molar-refractivity contribution in [3.8, 4) is 5.82 Å². The number of amides is 1. The first-order chi connectivity index (χ1) is 13.4. The van der Waals surface area contributed by atoms with Crippen molar-refractivity contribution in [3.05, 3.63) is 77.3 Å². The first kappa shape index (κ1) is 18.1. The minimum Gasteiger partial charge on any atom is -0.332 e. The largest absolute Gasteiger partial charge is 0.419 e. The third kappa shape index (κ3) is 3.12. The molecule has 0 bridgehead atoms. The molecule has 0 radical (unpaired) electrons. The van der Waals surface area contributed by atoms with Gasteiger partial charge in [-0.3, -0.25) is 9.36 Å². The number of halogens is 4. The summed E-state index contributed by atoms with van der Waals surface area (Å²) in [4.78, 5) is 22.5. The Kier molecular flexibility index (Phi) is 4.37. The summed E-state index contributed by atoms with van der Waals surface area (Å²) in [5.74, 6) is -1.66. The molecule has 1 amide bonds. The summed E-state index contributed by atoms with van der Waals surface area (Å²) >= 11 is 0. The maximum Gasteiger partial charge on any atom is 0.419 e. The van der Waals surface area contributed by atoms with E-state index in [9.17, 15) is 22.4 Å². The summed E-state index contributed by atoms with van der Waals surface area (Å²) in [5.41, 5.74) is -0.567. The van der Waals surface area contributed by atoms with Gasteiger partial charge in [0.25, 0.3) is 5.91 Å². The number of carbonyl (C=O) groups excluding carboxylic acids is 1. The average Bonchev–Trinajstić information content (AvgIpc) is 3.10. The summed E-state index contributed by atoms with van der Waals surface area (Å²) in [6, 6.07) is 8.16. The summed E-state index contributed by atoms with van der Waals surface area (Å²) in [7, 11) is 0. The molecule has 2 aromatic heterocycles. The van der Waals surface area contributed by atoms with Crippen LogP contribution in [0.15, 0.2) is 48.9 Å². The van der Waals surface area contributed by atoms with Crippen LogP contribution in [-0.4, -0.2) is 31.9 Å². The van der Waals surface area contributed by atoms with Gasteiger partial charge in [-0.15, -0.1) is 0 Å². The Morgan fingerprint density at radius 1 is 1.07 bits per heavy atom. The van der Waals surface area contributed by atoms with Gasteiger partial charge in [0.15, 0.2) is 0 Å². The Bertz CT molecular complexity index is 1030. The van der Waals surface area contributed by atoms with Gasteiger partial charge in [-0.1, -0.05) is 12.1 Å². The Labute approximate surface area is 157 Å². The van der Waals surface area contributed by atoms with E-state index in [1.54, 1.807) is 18.6 Å². The molecule has 144 valence electrons. The van der Waals surface area contributed by atoms with Gasteiger partial charge in [-0.25, -0.2) is 14.4 Å². The molecule has 0 spiro atoms. The van der Waals surface area contributed by atoms with Crippen molar-refractivity contribution in [3.63, 3.8) is 0 Å². The van der Waals surface area contributed by atoms with Gasteiger partial charge in [-0.2, -0.15) is 13.2 Å². The van der Waals surface area contributed by atoms with Crippen LogP contribution in [0.25, 0.3) is 5.82 Å². The van der Waals surface area contributed by atoms with Gasteiger partial charge >= 0.3 is 6.18 Å². The van der Waals surface area contributed by atoms with Crippen LogP contribution in [0.4, 0.5) is 17.6 Å². The molecule has 0 aliphatic carbocycles. The lowest BCUT2D eigenvalue weighted by Crippen LogP contribution is -2.37. The Morgan fingerprint density at radius 3 is 2.61 bits per heavy atom. The molecule has 5 nitrogen and oxygen atoms in total. The highest BCUT2D eigenvalue weighted by molar-refractivity contribution is 5.94. The van der Waals surface area contributed by atoms with E-state index in [2.05, 4.69) is 9.97 Å². The molecule has 0 fully saturated rings. The third-order valence-electron chi connectivity index (χ3n) is 4.63. The molecular formula is C19H14F4N4O. The van der Waals surface area contributed by atoms with Crippen molar-refractivity contribution in [2.24, 2.45) is 0 Å². The summed E-state index contributed by atoms with van der Waals surface area (Å²) in [6.07, 6.45) is -1.20. The van der Waals surface area contributed by atoms with Crippen molar-refractivity contribution in [2.45, 2.75) is 19.1 Å². The topological polar surface area (TPSA) is 51.0 Å². The molecule has 0 atom stereocenters. The number of carbonyl (C=O) groups is 1. The number of hydrogen-bond donors (Lipinski definition) is 0. The fourth-order valence-corrected chi connectivity index (χ4v) is 3.26. The lowest BCUT2D eigenvalue weighted by Gasteiger charge is -2.27. The lowest BCUT2D eigenvalue weighted by molar-refractivity contribution is -0.140. The normalized spacial score (nSPS) is 14.1. The minimum atomic E-state index is -4.86. The van der Waals surface area contributed by atoms with Crippen LogP contribution in [0.1, 0.15) is 27.3 Å². The van der Waals surface area contributed by atoms with Gasteiger partial charge < -0.3 is 4.90 Å². The predicted octanol–water partition coefficient (Wildman–Crippen LogP) is 3.62. The van der Waals surface area contributed by atoms with Gasteiger partial charge in [0.1, 0.15) is 18.0 Å². The van der Waals surface area contributed by atoms with Crippen molar-refractivity contribution in [1.29, 1.82) is 0 Å². The van der Waals surface area contributed by atoms with Crippen molar-refractivity contribution >= 4 is 5.91 Å². The highest BCUT2D eigenvalue weighted by Gasteiger charge is 2.36. The van der Waals surface area contributed by atoms with E-state index in [0.29, 0.717) is 24.0 Å². The van der Waals surface area contributed by atoms with Gasteiger partial charge in [0.05, 0.1) is 29.1 Å². The monoisotopic (exact) mass is 390 g/mol. The molecule has 1 aromatic carbocycles. The molecule has 3 aromatic rings. The Hall–Kier alpha value is -3.23. The van der Waals surface area contributed by atoms with Crippen LogP contribution in [-0.2, 0) is 19.1 Å². The van der Waals surface area contributed by atoms with E-state index in [-0.39, 0.29) is 13.1 Å². The quantitative estimate of drug-likeness (QED) is 0.628. The minimum absolute atomic E-state index is 0.0870. The smallest absolute Gasteiger partial charge is 0.332 e. The number of hydrogen-bond acceptors (Lipinski definition) is 3. The number of alkyl halides is 3. The Balaban J connectivity index is 1.61.